The van der Waals surface area contributed by atoms with E-state index in [4.69, 9.17) is 6.42 Å². The first kappa shape index (κ1) is 15.0. The fourth-order valence-corrected chi connectivity index (χ4v) is 1.61. The zero-order valence-corrected chi connectivity index (χ0v) is 10.5. The van der Waals surface area contributed by atoms with E-state index in [1.54, 1.807) is 0 Å². The van der Waals surface area contributed by atoms with Crippen LogP contribution in [0.25, 0.3) is 0 Å². The molecule has 92 valence electrons. The predicted molar refractivity (Wildman–Crippen MR) is 68.1 cm³/mol. The lowest BCUT2D eigenvalue weighted by atomic mass is 10.1. The van der Waals surface area contributed by atoms with Gasteiger partial charge in [0.1, 0.15) is 0 Å². The van der Waals surface area contributed by atoms with Gasteiger partial charge in [-0.1, -0.05) is 39.0 Å². The summed E-state index contributed by atoms with van der Waals surface area (Å²) in [6, 6.07) is 0.324. The first-order chi connectivity index (χ1) is 7.74. The second-order valence-electron chi connectivity index (χ2n) is 4.00. The molecule has 2 N–H and O–H groups in total. The molecule has 1 amide bonds. The van der Waals surface area contributed by atoms with Crippen molar-refractivity contribution in [1.29, 1.82) is 0 Å². The van der Waals surface area contributed by atoms with Crippen molar-refractivity contribution in [2.75, 3.05) is 13.1 Å². The lowest BCUT2D eigenvalue weighted by Gasteiger charge is -2.17. The van der Waals surface area contributed by atoms with Gasteiger partial charge in [-0.05, 0) is 12.8 Å². The number of terminal acetylenes is 1. The molecule has 3 heteroatoms. The number of nitrogens with one attached hydrogen (secondary N) is 2. The lowest BCUT2D eigenvalue weighted by molar-refractivity contribution is -0.121. The summed E-state index contributed by atoms with van der Waals surface area (Å²) in [5, 5.41) is 5.93. The second kappa shape index (κ2) is 10.5. The normalized spacial score (nSPS) is 11.8. The number of hydrogen-bond donors (Lipinski definition) is 2. The van der Waals surface area contributed by atoms with Gasteiger partial charge in [0, 0.05) is 6.04 Å². The quantitative estimate of drug-likeness (QED) is 0.462. The van der Waals surface area contributed by atoms with Crippen molar-refractivity contribution in [2.24, 2.45) is 0 Å². The maximum absolute atomic E-state index is 11.5. The van der Waals surface area contributed by atoms with Gasteiger partial charge in [-0.3, -0.25) is 10.1 Å². The molecule has 0 aliphatic rings. The Kier molecular flexibility index (Phi) is 9.84. The monoisotopic (exact) mass is 224 g/mol. The molecule has 0 saturated carbocycles. The molecule has 0 aromatic rings. The number of rotatable bonds is 9. The van der Waals surface area contributed by atoms with E-state index in [1.807, 2.05) is 0 Å². The van der Waals surface area contributed by atoms with E-state index >= 15 is 0 Å². The van der Waals surface area contributed by atoms with Crippen molar-refractivity contribution in [3.8, 4) is 12.3 Å². The van der Waals surface area contributed by atoms with Crippen LogP contribution in [-0.4, -0.2) is 25.0 Å². The first-order valence-corrected chi connectivity index (χ1v) is 6.18. The van der Waals surface area contributed by atoms with E-state index in [1.165, 1.54) is 12.8 Å². The molecule has 0 aromatic heterocycles. The molecule has 0 radical (unpaired) electrons. The van der Waals surface area contributed by atoms with Gasteiger partial charge in [-0.2, -0.15) is 0 Å². The van der Waals surface area contributed by atoms with E-state index in [0.717, 1.165) is 19.3 Å². The minimum Gasteiger partial charge on any atom is -0.352 e. The number of hydrogen-bond acceptors (Lipinski definition) is 2. The topological polar surface area (TPSA) is 41.1 Å². The maximum atomic E-state index is 11.5. The molecule has 0 aromatic carbocycles. The number of carbonyl (C=O) groups excluding carboxylic acids is 1. The largest absolute Gasteiger partial charge is 0.352 e. The highest BCUT2D eigenvalue weighted by molar-refractivity contribution is 5.78. The van der Waals surface area contributed by atoms with Crippen LogP contribution in [0.4, 0.5) is 0 Å². The zero-order valence-electron chi connectivity index (χ0n) is 10.5. The summed E-state index contributed by atoms with van der Waals surface area (Å²) in [5.74, 6) is 2.49. The number of amides is 1. The smallest absolute Gasteiger partial charge is 0.234 e. The van der Waals surface area contributed by atoms with E-state index in [9.17, 15) is 4.79 Å². The number of unbranched alkanes of at least 4 members (excludes halogenated alkanes) is 1. The van der Waals surface area contributed by atoms with Crippen LogP contribution < -0.4 is 10.6 Å². The Bertz CT molecular complexity index is 220. The third-order valence-electron chi connectivity index (χ3n) is 2.42. The Hall–Kier alpha value is -1.01. The number of carbonyl (C=O) groups is 1. The van der Waals surface area contributed by atoms with Crippen molar-refractivity contribution in [1.82, 2.24) is 10.6 Å². The van der Waals surface area contributed by atoms with Crippen molar-refractivity contribution >= 4 is 5.91 Å². The van der Waals surface area contributed by atoms with Crippen LogP contribution >= 0.6 is 0 Å². The summed E-state index contributed by atoms with van der Waals surface area (Å²) in [4.78, 5) is 11.5. The molecule has 1 atom stereocenters. The highest BCUT2D eigenvalue weighted by atomic mass is 16.1. The third-order valence-corrected chi connectivity index (χ3v) is 2.42. The minimum absolute atomic E-state index is 0.0461. The van der Waals surface area contributed by atoms with Crippen molar-refractivity contribution in [3.05, 3.63) is 0 Å². The van der Waals surface area contributed by atoms with Gasteiger partial charge >= 0.3 is 0 Å². The van der Waals surface area contributed by atoms with Gasteiger partial charge < -0.3 is 5.32 Å². The van der Waals surface area contributed by atoms with Crippen LogP contribution in [-0.2, 0) is 4.79 Å². The van der Waals surface area contributed by atoms with Crippen LogP contribution in [0.15, 0.2) is 0 Å². The summed E-state index contributed by atoms with van der Waals surface area (Å²) in [7, 11) is 0. The molecule has 0 fully saturated rings. The Morgan fingerprint density at radius 3 is 2.62 bits per heavy atom. The molecule has 0 bridgehead atoms. The summed E-state index contributed by atoms with van der Waals surface area (Å²) in [6.07, 6.45) is 10.7. The molecular formula is C13H24N2O. The van der Waals surface area contributed by atoms with Crippen molar-refractivity contribution in [2.45, 2.75) is 52.0 Å². The SMILES string of the molecule is C#CCNCC(=O)NC(CCC)CCCC. The van der Waals surface area contributed by atoms with E-state index in [0.29, 0.717) is 19.1 Å². The Balaban J connectivity index is 3.79. The van der Waals surface area contributed by atoms with Crippen LogP contribution in [0, 0.1) is 12.3 Å². The molecule has 1 unspecified atom stereocenters. The average molecular weight is 224 g/mol. The van der Waals surface area contributed by atoms with Crippen LogP contribution in [0.1, 0.15) is 46.0 Å². The predicted octanol–water partition coefficient (Wildman–Crippen LogP) is 1.68. The Morgan fingerprint density at radius 1 is 1.31 bits per heavy atom. The van der Waals surface area contributed by atoms with Crippen LogP contribution in [0.2, 0.25) is 0 Å². The summed E-state index contributed by atoms with van der Waals surface area (Å²) in [6.45, 7) is 5.07. The lowest BCUT2D eigenvalue weighted by Crippen LogP contribution is -2.40. The summed E-state index contributed by atoms with van der Waals surface area (Å²) in [5.41, 5.74) is 0. The van der Waals surface area contributed by atoms with Gasteiger partial charge in [0.05, 0.1) is 13.1 Å². The fourth-order valence-electron chi connectivity index (χ4n) is 1.61. The van der Waals surface area contributed by atoms with Gasteiger partial charge in [0.15, 0.2) is 0 Å². The van der Waals surface area contributed by atoms with Crippen molar-refractivity contribution < 1.29 is 4.79 Å². The zero-order chi connectivity index (χ0) is 12.2. The van der Waals surface area contributed by atoms with Gasteiger partial charge in [-0.25, -0.2) is 0 Å². The highest BCUT2D eigenvalue weighted by Gasteiger charge is 2.10. The van der Waals surface area contributed by atoms with Gasteiger partial charge in [0.2, 0.25) is 5.91 Å². The Labute approximate surface area is 99.4 Å². The molecule has 0 rings (SSSR count). The minimum atomic E-state index is 0.0461. The second-order valence-corrected chi connectivity index (χ2v) is 4.00. The molecule has 0 heterocycles. The molecule has 0 spiro atoms. The molecule has 0 saturated heterocycles. The third kappa shape index (κ3) is 8.31. The molecular weight excluding hydrogens is 200 g/mol. The van der Waals surface area contributed by atoms with Gasteiger partial charge in [-0.15, -0.1) is 6.42 Å². The van der Waals surface area contributed by atoms with Crippen LogP contribution in [0.3, 0.4) is 0 Å². The first-order valence-electron chi connectivity index (χ1n) is 6.18. The maximum Gasteiger partial charge on any atom is 0.234 e. The average Bonchev–Trinajstić information content (AvgIpc) is 2.26. The Morgan fingerprint density at radius 2 is 2.06 bits per heavy atom. The van der Waals surface area contributed by atoms with Crippen LogP contribution in [0.5, 0.6) is 0 Å². The molecule has 16 heavy (non-hydrogen) atoms. The summed E-state index contributed by atoms with van der Waals surface area (Å²) < 4.78 is 0. The molecule has 3 nitrogen and oxygen atoms in total. The highest BCUT2D eigenvalue weighted by Crippen LogP contribution is 2.06. The van der Waals surface area contributed by atoms with E-state index in [2.05, 4.69) is 30.4 Å². The molecule has 0 aliphatic carbocycles. The standard InChI is InChI=1S/C13H24N2O/c1-4-7-9-12(8-5-2)15-13(16)11-14-10-6-3/h3,12,14H,4-5,7-11H2,1-2H3,(H,15,16). The fraction of sp³-hybridized carbons (Fsp3) is 0.769. The van der Waals surface area contributed by atoms with Gasteiger partial charge in [0.25, 0.3) is 0 Å². The van der Waals surface area contributed by atoms with E-state index in [-0.39, 0.29) is 5.91 Å². The summed E-state index contributed by atoms with van der Waals surface area (Å²) >= 11 is 0. The molecule has 0 aliphatic heterocycles. The van der Waals surface area contributed by atoms with Crippen molar-refractivity contribution in [3.63, 3.8) is 0 Å². The van der Waals surface area contributed by atoms with E-state index < -0.39 is 0 Å².